The van der Waals surface area contributed by atoms with E-state index < -0.39 is 0 Å². The van der Waals surface area contributed by atoms with Gasteiger partial charge in [0.25, 0.3) is 0 Å². The fraction of sp³-hybridized carbons (Fsp3) is 0.533. The number of aliphatic hydroxyl groups excluding tert-OH is 1. The summed E-state index contributed by atoms with van der Waals surface area (Å²) >= 11 is 0. The van der Waals surface area contributed by atoms with E-state index >= 15 is 0 Å². The van der Waals surface area contributed by atoms with Crippen LogP contribution in [0.1, 0.15) is 31.2 Å². The molecule has 4 nitrogen and oxygen atoms in total. The van der Waals surface area contributed by atoms with Crippen LogP contribution in [0.25, 0.3) is 0 Å². The fourth-order valence-corrected chi connectivity index (χ4v) is 2.31. The predicted molar refractivity (Wildman–Crippen MR) is 73.1 cm³/mol. The van der Waals surface area contributed by atoms with E-state index in [1.54, 1.807) is 7.11 Å². The Morgan fingerprint density at radius 1 is 1.58 bits per heavy atom. The number of hydrogen-bond acceptors (Lipinski definition) is 3. The number of carbonyl (C=O) groups is 1. The Labute approximate surface area is 113 Å². The maximum atomic E-state index is 12.0. The second kappa shape index (κ2) is 6.06. The van der Waals surface area contributed by atoms with Gasteiger partial charge in [0, 0.05) is 5.92 Å². The van der Waals surface area contributed by atoms with Crippen molar-refractivity contribution in [1.82, 2.24) is 5.32 Å². The van der Waals surface area contributed by atoms with Gasteiger partial charge in [-0.1, -0.05) is 19.1 Å². The molecule has 0 spiro atoms. The summed E-state index contributed by atoms with van der Waals surface area (Å²) in [6, 6.07) is 7.74. The van der Waals surface area contributed by atoms with E-state index in [2.05, 4.69) is 5.32 Å². The number of nitrogens with one attached hydrogen (secondary N) is 1. The van der Waals surface area contributed by atoms with Crippen LogP contribution in [0.4, 0.5) is 0 Å². The zero-order valence-corrected chi connectivity index (χ0v) is 11.4. The van der Waals surface area contributed by atoms with Crippen molar-refractivity contribution >= 4 is 5.91 Å². The first-order chi connectivity index (χ1) is 9.19. The highest BCUT2D eigenvalue weighted by Gasteiger charge is 2.44. The summed E-state index contributed by atoms with van der Waals surface area (Å²) < 4.78 is 5.19. The molecule has 104 valence electrons. The van der Waals surface area contributed by atoms with Gasteiger partial charge >= 0.3 is 0 Å². The topological polar surface area (TPSA) is 58.6 Å². The molecule has 0 radical (unpaired) electrons. The first-order valence-electron chi connectivity index (χ1n) is 6.74. The van der Waals surface area contributed by atoms with Gasteiger partial charge in [-0.15, -0.1) is 0 Å². The summed E-state index contributed by atoms with van der Waals surface area (Å²) in [7, 11) is 1.64. The van der Waals surface area contributed by atoms with Gasteiger partial charge in [-0.05, 0) is 36.5 Å². The fourth-order valence-electron chi connectivity index (χ4n) is 2.31. The Hall–Kier alpha value is -1.55. The van der Waals surface area contributed by atoms with Gasteiger partial charge in [-0.3, -0.25) is 4.79 Å². The monoisotopic (exact) mass is 263 g/mol. The number of methoxy groups -OCH3 is 1. The number of aliphatic hydroxyl groups is 1. The van der Waals surface area contributed by atoms with Crippen molar-refractivity contribution in [3.63, 3.8) is 0 Å². The normalized spacial score (nSPS) is 22.7. The molecule has 1 saturated carbocycles. The first kappa shape index (κ1) is 13.9. The van der Waals surface area contributed by atoms with Crippen LogP contribution in [0.5, 0.6) is 5.75 Å². The molecule has 0 heterocycles. The third kappa shape index (κ3) is 3.26. The molecule has 2 rings (SSSR count). The van der Waals surface area contributed by atoms with Crippen molar-refractivity contribution in [3.05, 3.63) is 29.8 Å². The number of hydrogen-bond donors (Lipinski definition) is 2. The van der Waals surface area contributed by atoms with E-state index in [9.17, 15) is 4.79 Å². The summed E-state index contributed by atoms with van der Waals surface area (Å²) in [6.45, 7) is 1.95. The van der Waals surface area contributed by atoms with Crippen LogP contribution in [-0.4, -0.2) is 30.8 Å². The Balaban J connectivity index is 1.94. The number of rotatable bonds is 6. The van der Waals surface area contributed by atoms with Crippen molar-refractivity contribution in [1.29, 1.82) is 0 Å². The molecule has 1 fully saturated rings. The minimum Gasteiger partial charge on any atom is -0.497 e. The number of amides is 1. The zero-order chi connectivity index (χ0) is 13.8. The van der Waals surface area contributed by atoms with Crippen LogP contribution in [0.3, 0.4) is 0 Å². The van der Waals surface area contributed by atoms with Crippen LogP contribution < -0.4 is 10.1 Å². The molecule has 0 saturated heterocycles. The average Bonchev–Trinajstić information content (AvgIpc) is 3.25. The van der Waals surface area contributed by atoms with Crippen LogP contribution in [0.2, 0.25) is 0 Å². The molecule has 1 aromatic carbocycles. The molecular weight excluding hydrogens is 242 g/mol. The summed E-state index contributed by atoms with van der Waals surface area (Å²) in [6.07, 6.45) is 1.62. The third-order valence-electron chi connectivity index (χ3n) is 3.71. The summed E-state index contributed by atoms with van der Waals surface area (Å²) in [4.78, 5) is 12.0. The van der Waals surface area contributed by atoms with Gasteiger partial charge < -0.3 is 15.2 Å². The quantitative estimate of drug-likeness (QED) is 0.821. The van der Waals surface area contributed by atoms with E-state index in [1.807, 2.05) is 31.2 Å². The molecule has 4 heteroatoms. The average molecular weight is 263 g/mol. The highest BCUT2D eigenvalue weighted by Crippen LogP contribution is 2.48. The minimum absolute atomic E-state index is 0.00120. The van der Waals surface area contributed by atoms with Crippen LogP contribution in [0.15, 0.2) is 24.3 Å². The number of ether oxygens (including phenoxy) is 1. The zero-order valence-electron chi connectivity index (χ0n) is 11.4. The molecule has 19 heavy (non-hydrogen) atoms. The highest BCUT2D eigenvalue weighted by atomic mass is 16.5. The van der Waals surface area contributed by atoms with Crippen molar-refractivity contribution in [2.24, 2.45) is 5.92 Å². The lowest BCUT2D eigenvalue weighted by Gasteiger charge is -2.13. The van der Waals surface area contributed by atoms with Gasteiger partial charge in [0.05, 0.1) is 19.8 Å². The lowest BCUT2D eigenvalue weighted by atomic mass is 10.1. The van der Waals surface area contributed by atoms with Gasteiger partial charge in [0.15, 0.2) is 0 Å². The van der Waals surface area contributed by atoms with E-state index in [4.69, 9.17) is 9.84 Å². The van der Waals surface area contributed by atoms with Crippen molar-refractivity contribution in [2.45, 2.75) is 31.7 Å². The molecule has 1 aromatic rings. The molecule has 1 aliphatic carbocycles. The Morgan fingerprint density at radius 2 is 2.37 bits per heavy atom. The molecule has 0 aliphatic heterocycles. The van der Waals surface area contributed by atoms with E-state index in [0.717, 1.165) is 24.2 Å². The summed E-state index contributed by atoms with van der Waals surface area (Å²) in [5.74, 6) is 1.19. The highest BCUT2D eigenvalue weighted by molar-refractivity contribution is 5.83. The molecule has 3 atom stereocenters. The second-order valence-corrected chi connectivity index (χ2v) is 5.02. The lowest BCUT2D eigenvalue weighted by molar-refractivity contribution is -0.123. The smallest absolute Gasteiger partial charge is 0.224 e. The minimum atomic E-state index is -0.126. The van der Waals surface area contributed by atoms with Gasteiger partial charge in [-0.25, -0.2) is 0 Å². The Kier molecular flexibility index (Phi) is 4.43. The molecule has 3 unspecified atom stereocenters. The van der Waals surface area contributed by atoms with Crippen LogP contribution >= 0.6 is 0 Å². The summed E-state index contributed by atoms with van der Waals surface area (Å²) in [5, 5.41) is 12.0. The molecule has 2 N–H and O–H groups in total. The molecular formula is C15H21NO3. The third-order valence-corrected chi connectivity index (χ3v) is 3.71. The van der Waals surface area contributed by atoms with Crippen LogP contribution in [-0.2, 0) is 4.79 Å². The van der Waals surface area contributed by atoms with Gasteiger partial charge in [0.2, 0.25) is 5.91 Å². The molecule has 0 aromatic heterocycles. The molecule has 0 bridgehead atoms. The van der Waals surface area contributed by atoms with E-state index in [0.29, 0.717) is 0 Å². The van der Waals surface area contributed by atoms with E-state index in [1.165, 1.54) is 0 Å². The molecule has 1 amide bonds. The van der Waals surface area contributed by atoms with Crippen molar-refractivity contribution in [2.75, 3.05) is 13.7 Å². The van der Waals surface area contributed by atoms with Gasteiger partial charge in [-0.2, -0.15) is 0 Å². The second-order valence-electron chi connectivity index (χ2n) is 5.02. The van der Waals surface area contributed by atoms with E-state index in [-0.39, 0.29) is 30.4 Å². The predicted octanol–water partition coefficient (Wildman–Crippen LogP) is 1.69. The maximum Gasteiger partial charge on any atom is 0.224 e. The Bertz CT molecular complexity index is 443. The number of carbonyl (C=O) groups excluding carboxylic acids is 1. The number of benzene rings is 1. The van der Waals surface area contributed by atoms with Crippen molar-refractivity contribution < 1.29 is 14.6 Å². The van der Waals surface area contributed by atoms with Crippen molar-refractivity contribution in [3.8, 4) is 5.75 Å². The first-order valence-corrected chi connectivity index (χ1v) is 6.74. The summed E-state index contributed by atoms with van der Waals surface area (Å²) in [5.41, 5.74) is 1.15. The molecule has 1 aliphatic rings. The lowest BCUT2D eigenvalue weighted by Crippen LogP contribution is -2.38. The SMILES string of the molecule is CCC(CO)NC(=O)C1CC1c1cccc(OC)c1. The maximum absolute atomic E-state index is 12.0. The standard InChI is InChI=1S/C15H21NO3/c1-3-11(9-17)16-15(18)14-8-13(14)10-5-4-6-12(7-10)19-2/h4-7,11,13-14,17H,3,8-9H2,1-2H3,(H,16,18). The van der Waals surface area contributed by atoms with Gasteiger partial charge in [0.1, 0.15) is 5.75 Å². The largest absolute Gasteiger partial charge is 0.497 e. The Morgan fingerprint density at radius 3 is 3.00 bits per heavy atom. The van der Waals surface area contributed by atoms with Crippen LogP contribution in [0, 0.1) is 5.92 Å².